The first-order valence-electron chi connectivity index (χ1n) is 5.07. The Morgan fingerprint density at radius 3 is 2.25 bits per heavy atom. The highest BCUT2D eigenvalue weighted by Crippen LogP contribution is 2.21. The first-order valence-corrected chi connectivity index (χ1v) is 5.07. The fourth-order valence-electron chi connectivity index (χ4n) is 0.960. The van der Waals surface area contributed by atoms with Gasteiger partial charge in [-0.25, -0.2) is 4.79 Å². The quantitative estimate of drug-likeness (QED) is 0.605. The fourth-order valence-corrected chi connectivity index (χ4v) is 0.960. The number of hydrogen-bond acceptors (Lipinski definition) is 4. The lowest BCUT2D eigenvalue weighted by Crippen LogP contribution is -2.43. The van der Waals surface area contributed by atoms with Crippen molar-refractivity contribution in [2.24, 2.45) is 5.92 Å². The van der Waals surface area contributed by atoms with Gasteiger partial charge in [-0.15, -0.1) is 0 Å². The van der Waals surface area contributed by atoms with Gasteiger partial charge in [0.05, 0.1) is 0 Å². The van der Waals surface area contributed by atoms with E-state index in [0.717, 1.165) is 0 Å². The summed E-state index contributed by atoms with van der Waals surface area (Å²) in [5.74, 6) is -0.551. The van der Waals surface area contributed by atoms with Gasteiger partial charge in [-0.1, -0.05) is 13.8 Å². The zero-order valence-corrected chi connectivity index (χ0v) is 9.60. The van der Waals surface area contributed by atoms with Gasteiger partial charge in [0.2, 0.25) is 0 Å². The van der Waals surface area contributed by atoms with Crippen LogP contribution in [-0.4, -0.2) is 21.8 Å². The second-order valence-electron chi connectivity index (χ2n) is 4.19. The molecule has 0 saturated heterocycles. The van der Waals surface area contributed by atoms with Crippen LogP contribution in [0.4, 0.5) is 0 Å². The van der Waals surface area contributed by atoms with Crippen LogP contribution in [0.15, 0.2) is 24.3 Å². The summed E-state index contributed by atoms with van der Waals surface area (Å²) < 4.78 is 5.00. The van der Waals surface area contributed by atoms with Crippen LogP contribution in [0.3, 0.4) is 0 Å². The molecule has 0 radical (unpaired) electrons. The monoisotopic (exact) mass is 224 g/mol. The van der Waals surface area contributed by atoms with Crippen molar-refractivity contribution in [1.82, 2.24) is 0 Å². The number of aliphatic hydroxyl groups is 1. The zero-order chi connectivity index (χ0) is 12.3. The average Bonchev–Trinajstić information content (AvgIpc) is 2.21. The Labute approximate surface area is 94.5 Å². The highest BCUT2D eigenvalue weighted by Gasteiger charge is 2.35. The molecule has 0 aliphatic carbocycles. The molecule has 0 heterocycles. The van der Waals surface area contributed by atoms with E-state index in [9.17, 15) is 9.90 Å². The van der Waals surface area contributed by atoms with Gasteiger partial charge in [0.15, 0.2) is 5.60 Å². The highest BCUT2D eigenvalue weighted by molar-refractivity contribution is 5.81. The summed E-state index contributed by atoms with van der Waals surface area (Å²) in [5, 5.41) is 18.9. The third kappa shape index (κ3) is 2.73. The standard InChI is InChI=1S/C12H16O4/c1-8(2)12(3,15)11(14)16-10-6-4-9(13)5-7-10/h4-8,13,15H,1-3H3. The second-order valence-corrected chi connectivity index (χ2v) is 4.19. The molecular formula is C12H16O4. The summed E-state index contributed by atoms with van der Waals surface area (Å²) in [6.07, 6.45) is 0. The summed E-state index contributed by atoms with van der Waals surface area (Å²) in [5.41, 5.74) is -1.52. The van der Waals surface area contributed by atoms with Crippen molar-refractivity contribution in [1.29, 1.82) is 0 Å². The van der Waals surface area contributed by atoms with Gasteiger partial charge in [0.25, 0.3) is 0 Å². The maximum absolute atomic E-state index is 11.6. The van der Waals surface area contributed by atoms with Gasteiger partial charge in [0.1, 0.15) is 11.5 Å². The molecule has 0 spiro atoms. The highest BCUT2D eigenvalue weighted by atomic mass is 16.6. The Hall–Kier alpha value is -1.55. The molecule has 0 amide bonds. The predicted molar refractivity (Wildman–Crippen MR) is 59.2 cm³/mol. The second kappa shape index (κ2) is 4.53. The molecule has 1 aromatic carbocycles. The van der Waals surface area contributed by atoms with E-state index in [0.29, 0.717) is 5.75 Å². The van der Waals surface area contributed by atoms with E-state index in [1.54, 1.807) is 13.8 Å². The van der Waals surface area contributed by atoms with Gasteiger partial charge in [-0.3, -0.25) is 0 Å². The molecule has 1 unspecified atom stereocenters. The minimum absolute atomic E-state index is 0.0930. The number of phenols is 1. The Kier molecular flexibility index (Phi) is 3.55. The molecule has 2 N–H and O–H groups in total. The van der Waals surface area contributed by atoms with Crippen LogP contribution in [0.5, 0.6) is 11.5 Å². The van der Waals surface area contributed by atoms with Crippen LogP contribution >= 0.6 is 0 Å². The number of esters is 1. The number of carbonyl (C=O) groups excluding carboxylic acids is 1. The topological polar surface area (TPSA) is 66.8 Å². The molecule has 16 heavy (non-hydrogen) atoms. The number of carbonyl (C=O) groups is 1. The number of hydrogen-bond donors (Lipinski definition) is 2. The molecule has 0 fully saturated rings. The van der Waals surface area contributed by atoms with Crippen molar-refractivity contribution in [3.8, 4) is 11.5 Å². The molecule has 88 valence electrons. The van der Waals surface area contributed by atoms with E-state index >= 15 is 0 Å². The fraction of sp³-hybridized carbons (Fsp3) is 0.417. The van der Waals surface area contributed by atoms with Gasteiger partial charge >= 0.3 is 5.97 Å². The van der Waals surface area contributed by atoms with E-state index in [1.165, 1.54) is 31.2 Å². The number of rotatable bonds is 3. The van der Waals surface area contributed by atoms with Crippen molar-refractivity contribution in [3.05, 3.63) is 24.3 Å². The number of aromatic hydroxyl groups is 1. The molecule has 1 aromatic rings. The first-order chi connectivity index (χ1) is 7.34. The number of phenolic OH excluding ortho intramolecular Hbond substituents is 1. The van der Waals surface area contributed by atoms with Crippen LogP contribution in [0.2, 0.25) is 0 Å². The van der Waals surface area contributed by atoms with Crippen molar-refractivity contribution < 1.29 is 19.7 Å². The van der Waals surface area contributed by atoms with Crippen molar-refractivity contribution >= 4 is 5.97 Å². The third-order valence-electron chi connectivity index (χ3n) is 2.58. The predicted octanol–water partition coefficient (Wildman–Crippen LogP) is 1.70. The lowest BCUT2D eigenvalue weighted by molar-refractivity contribution is -0.157. The number of benzene rings is 1. The van der Waals surface area contributed by atoms with E-state index < -0.39 is 11.6 Å². The molecule has 4 nitrogen and oxygen atoms in total. The van der Waals surface area contributed by atoms with Gasteiger partial charge in [-0.2, -0.15) is 0 Å². The van der Waals surface area contributed by atoms with E-state index in [2.05, 4.69) is 0 Å². The molecule has 0 bridgehead atoms. The third-order valence-corrected chi connectivity index (χ3v) is 2.58. The van der Waals surface area contributed by atoms with E-state index in [-0.39, 0.29) is 11.7 Å². The van der Waals surface area contributed by atoms with E-state index in [1.807, 2.05) is 0 Å². The first kappa shape index (κ1) is 12.5. The van der Waals surface area contributed by atoms with Crippen LogP contribution < -0.4 is 4.74 Å². The Balaban J connectivity index is 2.75. The van der Waals surface area contributed by atoms with Crippen LogP contribution in [0, 0.1) is 5.92 Å². The average molecular weight is 224 g/mol. The summed E-state index contributed by atoms with van der Waals surface area (Å²) >= 11 is 0. The molecular weight excluding hydrogens is 208 g/mol. The molecule has 0 aliphatic rings. The van der Waals surface area contributed by atoms with E-state index in [4.69, 9.17) is 9.84 Å². The summed E-state index contributed by atoms with van der Waals surface area (Å²) in [6, 6.07) is 5.74. The molecule has 1 rings (SSSR count). The van der Waals surface area contributed by atoms with Crippen LogP contribution in [0.25, 0.3) is 0 Å². The van der Waals surface area contributed by atoms with Crippen LogP contribution in [-0.2, 0) is 4.79 Å². The van der Waals surface area contributed by atoms with Gasteiger partial charge < -0.3 is 14.9 Å². The minimum atomic E-state index is -1.52. The lowest BCUT2D eigenvalue weighted by Gasteiger charge is -2.24. The lowest BCUT2D eigenvalue weighted by atomic mass is 9.93. The van der Waals surface area contributed by atoms with Gasteiger partial charge in [-0.05, 0) is 37.1 Å². The smallest absolute Gasteiger partial charge is 0.343 e. The van der Waals surface area contributed by atoms with Crippen molar-refractivity contribution in [2.75, 3.05) is 0 Å². The summed E-state index contributed by atoms with van der Waals surface area (Å²) in [7, 11) is 0. The maximum atomic E-state index is 11.6. The van der Waals surface area contributed by atoms with Crippen molar-refractivity contribution in [3.63, 3.8) is 0 Å². The summed E-state index contributed by atoms with van der Waals surface area (Å²) in [6.45, 7) is 4.89. The van der Waals surface area contributed by atoms with Crippen molar-refractivity contribution in [2.45, 2.75) is 26.4 Å². The molecule has 1 atom stereocenters. The summed E-state index contributed by atoms with van der Waals surface area (Å²) in [4.78, 5) is 11.6. The minimum Gasteiger partial charge on any atom is -0.508 e. The Morgan fingerprint density at radius 2 is 1.81 bits per heavy atom. The molecule has 0 aliphatic heterocycles. The normalized spacial score (nSPS) is 14.6. The molecule has 4 heteroatoms. The van der Waals surface area contributed by atoms with Gasteiger partial charge in [0, 0.05) is 0 Å². The SMILES string of the molecule is CC(C)C(C)(O)C(=O)Oc1ccc(O)cc1. The van der Waals surface area contributed by atoms with Crippen LogP contribution in [0.1, 0.15) is 20.8 Å². The number of ether oxygens (including phenoxy) is 1. The maximum Gasteiger partial charge on any atom is 0.343 e. The molecule has 0 aromatic heterocycles. The Morgan fingerprint density at radius 1 is 1.31 bits per heavy atom. The molecule has 0 saturated carbocycles. The Bertz CT molecular complexity index is 365. The largest absolute Gasteiger partial charge is 0.508 e. The zero-order valence-electron chi connectivity index (χ0n) is 9.60.